The molecule has 1 aromatic carbocycles. The lowest BCUT2D eigenvalue weighted by molar-refractivity contribution is 0.0714. The summed E-state index contributed by atoms with van der Waals surface area (Å²) in [5.74, 6) is 0.707. The SMILES string of the molecule is CCc1cccc(NC2c3ncccc3C(=O)N2Cc2ccco2)c1. The molecule has 1 aliphatic heterocycles. The lowest BCUT2D eigenvalue weighted by Gasteiger charge is -2.26. The van der Waals surface area contributed by atoms with Gasteiger partial charge in [-0.15, -0.1) is 0 Å². The van der Waals surface area contributed by atoms with Crippen molar-refractivity contribution in [3.05, 3.63) is 83.6 Å². The molecule has 5 heteroatoms. The van der Waals surface area contributed by atoms with Crippen LogP contribution >= 0.6 is 0 Å². The van der Waals surface area contributed by atoms with E-state index < -0.39 is 0 Å². The van der Waals surface area contributed by atoms with E-state index >= 15 is 0 Å². The van der Waals surface area contributed by atoms with Gasteiger partial charge >= 0.3 is 0 Å². The molecule has 0 spiro atoms. The molecule has 3 aromatic rings. The first-order chi connectivity index (χ1) is 12.3. The monoisotopic (exact) mass is 333 g/mol. The summed E-state index contributed by atoms with van der Waals surface area (Å²) in [4.78, 5) is 19.1. The van der Waals surface area contributed by atoms with Gasteiger partial charge in [0, 0.05) is 11.9 Å². The fourth-order valence-electron chi connectivity index (χ4n) is 3.15. The molecule has 1 unspecified atom stereocenters. The summed E-state index contributed by atoms with van der Waals surface area (Å²) in [5, 5.41) is 3.47. The van der Waals surface area contributed by atoms with Crippen LogP contribution in [0.5, 0.6) is 0 Å². The van der Waals surface area contributed by atoms with Crippen LogP contribution in [0.3, 0.4) is 0 Å². The minimum Gasteiger partial charge on any atom is -0.467 e. The minimum atomic E-state index is -0.319. The van der Waals surface area contributed by atoms with Crippen LogP contribution in [0.25, 0.3) is 0 Å². The highest BCUT2D eigenvalue weighted by molar-refractivity contribution is 5.98. The Balaban J connectivity index is 1.68. The molecule has 3 heterocycles. The molecule has 1 atom stereocenters. The van der Waals surface area contributed by atoms with Gasteiger partial charge in [-0.2, -0.15) is 0 Å². The molecule has 0 bridgehead atoms. The number of pyridine rings is 1. The van der Waals surface area contributed by atoms with E-state index in [2.05, 4.69) is 29.4 Å². The van der Waals surface area contributed by atoms with E-state index in [-0.39, 0.29) is 12.1 Å². The molecular formula is C20H19N3O2. The van der Waals surface area contributed by atoms with E-state index in [1.807, 2.05) is 30.3 Å². The van der Waals surface area contributed by atoms with Crippen molar-refractivity contribution in [1.82, 2.24) is 9.88 Å². The van der Waals surface area contributed by atoms with E-state index in [4.69, 9.17) is 4.42 Å². The maximum Gasteiger partial charge on any atom is 0.258 e. The second-order valence-electron chi connectivity index (χ2n) is 6.05. The predicted octanol–water partition coefficient (Wildman–Crippen LogP) is 4.00. The van der Waals surface area contributed by atoms with Crippen LogP contribution in [0.1, 0.15) is 40.5 Å². The number of amides is 1. The summed E-state index contributed by atoms with van der Waals surface area (Å²) < 4.78 is 5.44. The van der Waals surface area contributed by atoms with Crippen molar-refractivity contribution in [2.24, 2.45) is 0 Å². The third-order valence-corrected chi connectivity index (χ3v) is 4.45. The Kier molecular flexibility index (Phi) is 3.98. The Hall–Kier alpha value is -3.08. The molecule has 0 saturated carbocycles. The van der Waals surface area contributed by atoms with Gasteiger partial charge in [-0.3, -0.25) is 9.78 Å². The number of carbonyl (C=O) groups is 1. The summed E-state index contributed by atoms with van der Waals surface area (Å²) in [5.41, 5.74) is 3.60. The third kappa shape index (κ3) is 2.89. The number of furan rings is 1. The van der Waals surface area contributed by atoms with E-state index in [0.29, 0.717) is 12.1 Å². The zero-order valence-electron chi connectivity index (χ0n) is 14.0. The van der Waals surface area contributed by atoms with E-state index in [1.54, 1.807) is 23.4 Å². The number of nitrogens with zero attached hydrogens (tertiary/aromatic N) is 2. The van der Waals surface area contributed by atoms with Crippen molar-refractivity contribution >= 4 is 11.6 Å². The molecule has 1 aliphatic rings. The molecule has 2 aromatic heterocycles. The predicted molar refractivity (Wildman–Crippen MR) is 95.0 cm³/mol. The van der Waals surface area contributed by atoms with Gasteiger partial charge in [-0.1, -0.05) is 19.1 Å². The normalized spacial score (nSPS) is 16.1. The highest BCUT2D eigenvalue weighted by Crippen LogP contribution is 2.34. The fraction of sp³-hybridized carbons (Fsp3) is 0.200. The number of hydrogen-bond donors (Lipinski definition) is 1. The van der Waals surface area contributed by atoms with Crippen LogP contribution in [0, 0.1) is 0 Å². The molecule has 25 heavy (non-hydrogen) atoms. The number of aryl methyl sites for hydroxylation is 1. The lowest BCUT2D eigenvalue weighted by Crippen LogP contribution is -2.32. The van der Waals surface area contributed by atoms with Crippen molar-refractivity contribution in [3.63, 3.8) is 0 Å². The summed E-state index contributed by atoms with van der Waals surface area (Å²) in [7, 11) is 0. The van der Waals surface area contributed by atoms with Gasteiger partial charge in [0.05, 0.1) is 24.1 Å². The smallest absolute Gasteiger partial charge is 0.258 e. The number of aromatic nitrogens is 1. The van der Waals surface area contributed by atoms with E-state index in [9.17, 15) is 4.79 Å². The number of rotatable bonds is 5. The minimum absolute atomic E-state index is 0.0383. The first-order valence-electron chi connectivity index (χ1n) is 8.40. The Morgan fingerprint density at radius 1 is 1.20 bits per heavy atom. The Morgan fingerprint density at radius 3 is 2.92 bits per heavy atom. The van der Waals surface area contributed by atoms with E-state index in [1.165, 1.54) is 5.56 Å². The van der Waals surface area contributed by atoms with Gasteiger partial charge in [0.15, 0.2) is 0 Å². The van der Waals surface area contributed by atoms with Gasteiger partial charge in [0.25, 0.3) is 5.91 Å². The average Bonchev–Trinajstić information content (AvgIpc) is 3.25. The molecule has 4 rings (SSSR count). The largest absolute Gasteiger partial charge is 0.467 e. The maximum atomic E-state index is 12.9. The topological polar surface area (TPSA) is 58.4 Å². The Bertz CT molecular complexity index is 889. The van der Waals surface area contributed by atoms with Gasteiger partial charge in [-0.25, -0.2) is 0 Å². The van der Waals surface area contributed by atoms with Crippen molar-refractivity contribution in [1.29, 1.82) is 0 Å². The van der Waals surface area contributed by atoms with Crippen LogP contribution in [0.15, 0.2) is 65.4 Å². The standard InChI is InChI=1S/C20H19N3O2/c1-2-14-6-3-7-15(12-14)22-19-18-17(9-4-10-21-18)20(24)23(19)13-16-8-5-11-25-16/h3-12,19,22H,2,13H2,1H3. The Labute approximate surface area is 146 Å². The highest BCUT2D eigenvalue weighted by atomic mass is 16.3. The number of benzene rings is 1. The van der Waals surface area contributed by atoms with Gasteiger partial charge in [0.1, 0.15) is 11.9 Å². The molecule has 1 N–H and O–H groups in total. The summed E-state index contributed by atoms with van der Waals surface area (Å²) in [6.45, 7) is 2.52. The van der Waals surface area contributed by atoms with Gasteiger partial charge in [0.2, 0.25) is 0 Å². The third-order valence-electron chi connectivity index (χ3n) is 4.45. The van der Waals surface area contributed by atoms with Crippen molar-refractivity contribution in [2.75, 3.05) is 5.32 Å². The van der Waals surface area contributed by atoms with Crippen LogP contribution in [0.2, 0.25) is 0 Å². The zero-order valence-corrected chi connectivity index (χ0v) is 14.0. The van der Waals surface area contributed by atoms with Crippen molar-refractivity contribution < 1.29 is 9.21 Å². The van der Waals surface area contributed by atoms with Crippen LogP contribution in [0.4, 0.5) is 5.69 Å². The number of hydrogen-bond acceptors (Lipinski definition) is 4. The molecule has 5 nitrogen and oxygen atoms in total. The molecule has 0 saturated heterocycles. The lowest BCUT2D eigenvalue weighted by atomic mass is 10.1. The fourth-order valence-corrected chi connectivity index (χ4v) is 3.15. The van der Waals surface area contributed by atoms with Crippen molar-refractivity contribution in [3.8, 4) is 0 Å². The molecule has 1 amide bonds. The number of anilines is 1. The maximum absolute atomic E-state index is 12.9. The number of fused-ring (bicyclic) bond motifs is 1. The zero-order chi connectivity index (χ0) is 17.2. The molecule has 0 radical (unpaired) electrons. The van der Waals surface area contributed by atoms with Crippen molar-refractivity contribution in [2.45, 2.75) is 26.1 Å². The summed E-state index contributed by atoms with van der Waals surface area (Å²) in [6, 6.07) is 15.6. The van der Waals surface area contributed by atoms with Crippen LogP contribution in [-0.2, 0) is 13.0 Å². The van der Waals surface area contributed by atoms with Gasteiger partial charge in [-0.05, 0) is 48.4 Å². The molecule has 0 fully saturated rings. The highest BCUT2D eigenvalue weighted by Gasteiger charge is 2.38. The molecular weight excluding hydrogens is 314 g/mol. The average molecular weight is 333 g/mol. The quantitative estimate of drug-likeness (QED) is 0.766. The van der Waals surface area contributed by atoms with Crippen LogP contribution in [-0.4, -0.2) is 15.8 Å². The molecule has 126 valence electrons. The first kappa shape index (κ1) is 15.4. The first-order valence-corrected chi connectivity index (χ1v) is 8.40. The Morgan fingerprint density at radius 2 is 2.12 bits per heavy atom. The number of nitrogens with one attached hydrogen (secondary N) is 1. The second-order valence-corrected chi connectivity index (χ2v) is 6.05. The summed E-state index contributed by atoms with van der Waals surface area (Å²) >= 11 is 0. The van der Waals surface area contributed by atoms with Crippen LogP contribution < -0.4 is 5.32 Å². The summed E-state index contributed by atoms with van der Waals surface area (Å²) in [6.07, 6.45) is 3.99. The van der Waals surface area contributed by atoms with Gasteiger partial charge < -0.3 is 14.6 Å². The number of carbonyl (C=O) groups excluding carboxylic acids is 1. The molecule has 0 aliphatic carbocycles. The van der Waals surface area contributed by atoms with E-state index in [0.717, 1.165) is 23.6 Å². The second kappa shape index (κ2) is 6.43.